The maximum absolute atomic E-state index is 11.5. The third kappa shape index (κ3) is 2.39. The number of aromatic amines is 1. The second kappa shape index (κ2) is 5.08. The molecule has 0 saturated heterocycles. The van der Waals surface area contributed by atoms with Crippen molar-refractivity contribution in [1.82, 2.24) is 4.98 Å². The number of aromatic nitrogens is 1. The van der Waals surface area contributed by atoms with E-state index in [9.17, 15) is 17.8 Å². The highest BCUT2D eigenvalue weighted by atomic mass is 35.5. The highest BCUT2D eigenvalue weighted by Crippen LogP contribution is 2.38. The van der Waals surface area contributed by atoms with Gasteiger partial charge < -0.3 is 4.98 Å². The van der Waals surface area contributed by atoms with Crippen molar-refractivity contribution in [3.05, 3.63) is 34.3 Å². The van der Waals surface area contributed by atoms with Gasteiger partial charge in [-0.25, -0.2) is 4.79 Å². The number of nitrogens with zero attached hydrogens (tertiary/aromatic N) is 1. The lowest BCUT2D eigenvalue weighted by Crippen LogP contribution is -1.99. The number of halogens is 2. The van der Waals surface area contributed by atoms with E-state index in [0.717, 1.165) is 6.07 Å². The fourth-order valence-electron chi connectivity index (χ4n) is 2.33. The monoisotopic (exact) mass is 356 g/mol. The standard InChI is InChI=1S/C13H6Cl2N2O4S/c14-6-1-8-9-2-7(15)4-11(22(19,20)21)13(9)17-12(8)10(3-6)16-5-18/h1-4,17H,(H,19,20,21). The van der Waals surface area contributed by atoms with Crippen LogP contribution in [-0.4, -0.2) is 24.0 Å². The first-order valence-electron chi connectivity index (χ1n) is 5.81. The van der Waals surface area contributed by atoms with E-state index in [1.165, 1.54) is 18.2 Å². The number of hydrogen-bond acceptors (Lipinski definition) is 4. The van der Waals surface area contributed by atoms with Crippen molar-refractivity contribution >= 4 is 66.9 Å². The van der Waals surface area contributed by atoms with Crippen LogP contribution in [0.5, 0.6) is 0 Å². The molecule has 9 heteroatoms. The zero-order chi connectivity index (χ0) is 16.1. The third-order valence-corrected chi connectivity index (χ3v) is 4.45. The van der Waals surface area contributed by atoms with E-state index in [4.69, 9.17) is 23.2 Å². The van der Waals surface area contributed by atoms with Gasteiger partial charge in [-0.05, 0) is 24.3 Å². The first-order valence-corrected chi connectivity index (χ1v) is 8.00. The number of H-pyrrole nitrogens is 1. The first kappa shape index (κ1) is 15.0. The van der Waals surface area contributed by atoms with Gasteiger partial charge in [0, 0.05) is 20.8 Å². The highest BCUT2D eigenvalue weighted by Gasteiger charge is 2.20. The topological polar surface area (TPSA) is 99.6 Å². The molecule has 0 saturated carbocycles. The summed E-state index contributed by atoms with van der Waals surface area (Å²) in [5.41, 5.74) is 0.729. The number of aliphatic imine (C=N–C) groups is 1. The van der Waals surface area contributed by atoms with Crippen molar-refractivity contribution in [3.63, 3.8) is 0 Å². The summed E-state index contributed by atoms with van der Waals surface area (Å²) < 4.78 is 32.4. The molecule has 0 radical (unpaired) electrons. The van der Waals surface area contributed by atoms with Gasteiger partial charge in [0.25, 0.3) is 10.1 Å². The van der Waals surface area contributed by atoms with E-state index in [1.54, 1.807) is 6.07 Å². The van der Waals surface area contributed by atoms with Gasteiger partial charge in [0.15, 0.2) is 0 Å². The maximum Gasteiger partial charge on any atom is 0.296 e. The lowest BCUT2D eigenvalue weighted by molar-refractivity contribution is 0.484. The van der Waals surface area contributed by atoms with E-state index in [1.807, 2.05) is 0 Å². The Balaban J connectivity index is 2.60. The Bertz CT molecular complexity index is 1080. The molecule has 0 aliphatic rings. The lowest BCUT2D eigenvalue weighted by atomic mass is 10.1. The van der Waals surface area contributed by atoms with Crippen molar-refractivity contribution in [3.8, 4) is 0 Å². The molecule has 0 spiro atoms. The fourth-order valence-corrected chi connectivity index (χ4v) is 3.52. The Kier molecular flexibility index (Phi) is 3.47. The van der Waals surface area contributed by atoms with Gasteiger partial charge in [-0.1, -0.05) is 23.2 Å². The van der Waals surface area contributed by atoms with Gasteiger partial charge in [0.05, 0.1) is 11.0 Å². The molecule has 112 valence electrons. The smallest absolute Gasteiger partial charge is 0.296 e. The summed E-state index contributed by atoms with van der Waals surface area (Å²) in [5, 5.41) is 1.38. The van der Waals surface area contributed by atoms with Crippen LogP contribution in [-0.2, 0) is 14.9 Å². The van der Waals surface area contributed by atoms with Crippen LogP contribution in [0.1, 0.15) is 0 Å². The number of rotatable bonds is 2. The van der Waals surface area contributed by atoms with Crippen molar-refractivity contribution in [2.24, 2.45) is 4.99 Å². The van der Waals surface area contributed by atoms with Crippen LogP contribution < -0.4 is 0 Å². The van der Waals surface area contributed by atoms with Crippen LogP contribution in [0, 0.1) is 0 Å². The van der Waals surface area contributed by atoms with E-state index in [0.29, 0.717) is 21.3 Å². The molecule has 0 atom stereocenters. The maximum atomic E-state index is 11.5. The Morgan fingerprint density at radius 2 is 1.64 bits per heavy atom. The van der Waals surface area contributed by atoms with Gasteiger partial charge in [-0.2, -0.15) is 13.4 Å². The molecule has 0 aliphatic carbocycles. The number of fused-ring (bicyclic) bond motifs is 3. The molecule has 6 nitrogen and oxygen atoms in total. The van der Waals surface area contributed by atoms with Gasteiger partial charge >= 0.3 is 0 Å². The van der Waals surface area contributed by atoms with Crippen molar-refractivity contribution in [2.45, 2.75) is 4.90 Å². The molecule has 0 unspecified atom stereocenters. The molecular weight excluding hydrogens is 351 g/mol. The largest absolute Gasteiger partial charge is 0.352 e. The average molecular weight is 357 g/mol. The van der Waals surface area contributed by atoms with Crippen LogP contribution in [0.3, 0.4) is 0 Å². The van der Waals surface area contributed by atoms with Crippen LogP contribution in [0.25, 0.3) is 21.8 Å². The van der Waals surface area contributed by atoms with Crippen molar-refractivity contribution in [2.75, 3.05) is 0 Å². The molecule has 22 heavy (non-hydrogen) atoms. The minimum absolute atomic E-state index is 0.126. The summed E-state index contributed by atoms with van der Waals surface area (Å²) in [6.07, 6.45) is 1.41. The molecular formula is C13H6Cl2N2O4S. The van der Waals surface area contributed by atoms with E-state index >= 15 is 0 Å². The summed E-state index contributed by atoms with van der Waals surface area (Å²) in [7, 11) is -4.49. The summed E-state index contributed by atoms with van der Waals surface area (Å²) in [6, 6.07) is 5.65. The Morgan fingerprint density at radius 3 is 2.23 bits per heavy atom. The zero-order valence-electron chi connectivity index (χ0n) is 10.6. The van der Waals surface area contributed by atoms with Crippen LogP contribution in [0.4, 0.5) is 5.69 Å². The van der Waals surface area contributed by atoms with Gasteiger partial charge in [-0.3, -0.25) is 4.55 Å². The Hall–Kier alpha value is -1.89. The predicted molar refractivity (Wildman–Crippen MR) is 83.4 cm³/mol. The molecule has 0 amide bonds. The van der Waals surface area contributed by atoms with Crippen molar-refractivity contribution in [1.29, 1.82) is 0 Å². The predicted octanol–water partition coefficient (Wildman–Crippen LogP) is 3.84. The number of nitrogens with one attached hydrogen (secondary N) is 1. The Morgan fingerprint density at radius 1 is 1.05 bits per heavy atom. The quantitative estimate of drug-likeness (QED) is 0.413. The molecule has 0 bridgehead atoms. The SMILES string of the molecule is O=C=Nc1cc(Cl)cc2c1[nH]c1c(S(=O)(=O)O)cc(Cl)cc12. The van der Waals surface area contributed by atoms with Crippen LogP contribution in [0.15, 0.2) is 34.2 Å². The zero-order valence-corrected chi connectivity index (χ0v) is 12.9. The molecule has 1 aromatic heterocycles. The second-order valence-corrected chi connectivity index (χ2v) is 6.74. The third-order valence-electron chi connectivity index (χ3n) is 3.13. The molecule has 1 heterocycles. The fraction of sp³-hybridized carbons (Fsp3) is 0. The lowest BCUT2D eigenvalue weighted by Gasteiger charge is -2.00. The van der Waals surface area contributed by atoms with Crippen molar-refractivity contribution < 1.29 is 17.8 Å². The summed E-state index contributed by atoms with van der Waals surface area (Å²) in [4.78, 5) is 16.5. The normalized spacial score (nSPS) is 11.8. The number of hydrogen-bond donors (Lipinski definition) is 2. The average Bonchev–Trinajstić information content (AvgIpc) is 2.76. The van der Waals surface area contributed by atoms with Crippen LogP contribution in [0.2, 0.25) is 10.0 Å². The second-order valence-electron chi connectivity index (χ2n) is 4.48. The highest BCUT2D eigenvalue weighted by molar-refractivity contribution is 7.86. The molecule has 0 aliphatic heterocycles. The molecule has 2 N–H and O–H groups in total. The Labute approximate surface area is 134 Å². The summed E-state index contributed by atoms with van der Waals surface area (Å²) >= 11 is 11.9. The van der Waals surface area contributed by atoms with Gasteiger partial charge in [-0.15, -0.1) is 0 Å². The molecule has 0 fully saturated rings. The van der Waals surface area contributed by atoms with E-state index in [-0.39, 0.29) is 21.1 Å². The molecule has 3 aromatic rings. The summed E-state index contributed by atoms with van der Waals surface area (Å²) in [6.45, 7) is 0. The van der Waals surface area contributed by atoms with E-state index < -0.39 is 10.1 Å². The number of carbonyl (C=O) groups excluding carboxylic acids is 1. The van der Waals surface area contributed by atoms with Gasteiger partial charge in [0.2, 0.25) is 6.08 Å². The minimum atomic E-state index is -4.49. The van der Waals surface area contributed by atoms with Gasteiger partial charge in [0.1, 0.15) is 10.6 Å². The minimum Gasteiger partial charge on any atom is -0.352 e. The summed E-state index contributed by atoms with van der Waals surface area (Å²) in [5.74, 6) is 0. The number of isocyanates is 1. The van der Waals surface area contributed by atoms with Crippen LogP contribution >= 0.6 is 23.2 Å². The number of benzene rings is 2. The first-order chi connectivity index (χ1) is 10.3. The van der Waals surface area contributed by atoms with E-state index in [2.05, 4.69) is 9.98 Å². The molecule has 3 rings (SSSR count). The molecule has 2 aromatic carbocycles.